The highest BCUT2D eigenvalue weighted by atomic mass is 19.1. The van der Waals surface area contributed by atoms with Crippen LogP contribution < -0.4 is 0 Å². The lowest BCUT2D eigenvalue weighted by Crippen LogP contribution is -1.95. The molecule has 0 saturated heterocycles. The minimum atomic E-state index is -0.322. The summed E-state index contributed by atoms with van der Waals surface area (Å²) in [4.78, 5) is 4.57. The van der Waals surface area contributed by atoms with Gasteiger partial charge in [0.05, 0.1) is 0 Å². The molecule has 0 spiro atoms. The van der Waals surface area contributed by atoms with E-state index in [0.717, 1.165) is 27.8 Å². The van der Waals surface area contributed by atoms with E-state index < -0.39 is 0 Å². The highest BCUT2D eigenvalue weighted by Crippen LogP contribution is 2.34. The molecule has 0 fully saturated rings. The lowest BCUT2D eigenvalue weighted by Gasteiger charge is -2.10. The number of halogens is 1. The molecule has 0 radical (unpaired) electrons. The molecule has 28 heavy (non-hydrogen) atoms. The van der Waals surface area contributed by atoms with E-state index in [-0.39, 0.29) is 5.82 Å². The third-order valence-corrected chi connectivity index (χ3v) is 4.65. The first kappa shape index (κ1) is 16.4. The molecule has 0 aliphatic heterocycles. The second-order valence-corrected chi connectivity index (χ2v) is 6.52. The van der Waals surface area contributed by atoms with Crippen LogP contribution in [0.15, 0.2) is 77.5 Å². The van der Waals surface area contributed by atoms with E-state index in [0.29, 0.717) is 17.3 Å². The van der Waals surface area contributed by atoms with E-state index in [4.69, 9.17) is 4.42 Å². The maximum absolute atomic E-state index is 14.0. The summed E-state index contributed by atoms with van der Waals surface area (Å²) in [6.07, 6.45) is 1.60. The highest BCUT2D eigenvalue weighted by Gasteiger charge is 2.15. The smallest absolute Gasteiger partial charge is 0.227 e. The molecule has 136 valence electrons. The average molecular weight is 370 g/mol. The molecule has 5 nitrogen and oxygen atoms in total. The molecule has 0 bridgehead atoms. The molecule has 0 saturated carbocycles. The third kappa shape index (κ3) is 2.75. The van der Waals surface area contributed by atoms with Crippen molar-refractivity contribution < 1.29 is 8.81 Å². The van der Waals surface area contributed by atoms with E-state index in [1.807, 2.05) is 55.6 Å². The maximum Gasteiger partial charge on any atom is 0.227 e. The van der Waals surface area contributed by atoms with Crippen LogP contribution in [0.2, 0.25) is 0 Å². The topological polar surface area (TPSA) is 56.7 Å². The zero-order valence-electron chi connectivity index (χ0n) is 15.0. The molecule has 0 unspecified atom stereocenters. The molecule has 3 aromatic carbocycles. The Hall–Kier alpha value is -3.80. The lowest BCUT2D eigenvalue weighted by atomic mass is 9.97. The number of nitrogens with zero attached hydrogens (tertiary/aromatic N) is 4. The molecule has 6 heteroatoms. The van der Waals surface area contributed by atoms with Gasteiger partial charge >= 0.3 is 0 Å². The van der Waals surface area contributed by atoms with Crippen molar-refractivity contribution in [2.75, 3.05) is 0 Å². The fraction of sp³-hybridized carbons (Fsp3) is 0.0455. The normalized spacial score (nSPS) is 11.2. The van der Waals surface area contributed by atoms with Gasteiger partial charge in [-0.3, -0.25) is 0 Å². The minimum Gasteiger partial charge on any atom is -0.436 e. The van der Waals surface area contributed by atoms with E-state index in [9.17, 15) is 4.39 Å². The fourth-order valence-corrected chi connectivity index (χ4v) is 3.30. The number of rotatable bonds is 3. The zero-order chi connectivity index (χ0) is 19.1. The largest absolute Gasteiger partial charge is 0.436 e. The van der Waals surface area contributed by atoms with Crippen molar-refractivity contribution in [1.82, 2.24) is 19.7 Å². The van der Waals surface area contributed by atoms with Crippen molar-refractivity contribution in [2.24, 2.45) is 7.05 Å². The van der Waals surface area contributed by atoms with Crippen LogP contribution in [0.1, 0.15) is 0 Å². The Morgan fingerprint density at radius 1 is 0.893 bits per heavy atom. The first-order valence-corrected chi connectivity index (χ1v) is 8.79. The molecular formula is C22H15FN4O. The molecule has 5 aromatic rings. The quantitative estimate of drug-likeness (QED) is 0.443. The van der Waals surface area contributed by atoms with Gasteiger partial charge in [-0.2, -0.15) is 0 Å². The molecule has 2 heterocycles. The van der Waals surface area contributed by atoms with Crippen molar-refractivity contribution in [3.8, 4) is 34.0 Å². The van der Waals surface area contributed by atoms with Crippen molar-refractivity contribution in [3.05, 3.63) is 78.9 Å². The summed E-state index contributed by atoms with van der Waals surface area (Å²) in [5.41, 5.74) is 4.85. The van der Waals surface area contributed by atoms with Gasteiger partial charge in [-0.1, -0.05) is 30.3 Å². The molecule has 5 rings (SSSR count). The number of aromatic nitrogens is 4. The van der Waals surface area contributed by atoms with Gasteiger partial charge in [0.2, 0.25) is 5.89 Å². The van der Waals surface area contributed by atoms with Gasteiger partial charge in [-0.15, -0.1) is 10.2 Å². The number of para-hydroxylation sites is 2. The number of fused-ring (bicyclic) bond motifs is 1. The van der Waals surface area contributed by atoms with Crippen molar-refractivity contribution in [3.63, 3.8) is 0 Å². The summed E-state index contributed by atoms with van der Waals surface area (Å²) in [5, 5.41) is 8.06. The van der Waals surface area contributed by atoms with Crippen LogP contribution in [-0.4, -0.2) is 19.7 Å². The third-order valence-electron chi connectivity index (χ3n) is 4.65. The van der Waals surface area contributed by atoms with Gasteiger partial charge in [0.25, 0.3) is 0 Å². The number of hydrogen-bond donors (Lipinski definition) is 0. The van der Waals surface area contributed by atoms with Crippen molar-refractivity contribution in [2.45, 2.75) is 0 Å². The summed E-state index contributed by atoms with van der Waals surface area (Å²) in [6.45, 7) is 0. The second-order valence-electron chi connectivity index (χ2n) is 6.52. The Kier molecular flexibility index (Phi) is 3.76. The first-order chi connectivity index (χ1) is 13.7. The maximum atomic E-state index is 14.0. The molecule has 2 aromatic heterocycles. The van der Waals surface area contributed by atoms with Gasteiger partial charge in [-0.25, -0.2) is 9.37 Å². The predicted molar refractivity (Wildman–Crippen MR) is 105 cm³/mol. The summed E-state index contributed by atoms with van der Waals surface area (Å²) in [7, 11) is 1.83. The predicted octanol–water partition coefficient (Wildman–Crippen LogP) is 5.10. The van der Waals surface area contributed by atoms with Crippen LogP contribution in [-0.2, 0) is 7.05 Å². The molecule has 0 N–H and O–H groups in total. The van der Waals surface area contributed by atoms with Crippen LogP contribution >= 0.6 is 0 Å². The van der Waals surface area contributed by atoms with Gasteiger partial charge < -0.3 is 8.98 Å². The van der Waals surface area contributed by atoms with Gasteiger partial charge in [0.1, 0.15) is 17.7 Å². The van der Waals surface area contributed by atoms with Crippen molar-refractivity contribution in [1.29, 1.82) is 0 Å². The second kappa shape index (κ2) is 6.42. The Balaban J connectivity index is 1.65. The number of hydrogen-bond acceptors (Lipinski definition) is 4. The van der Waals surface area contributed by atoms with Gasteiger partial charge in [0, 0.05) is 18.2 Å². The Morgan fingerprint density at radius 2 is 1.75 bits per heavy atom. The van der Waals surface area contributed by atoms with E-state index >= 15 is 0 Å². The van der Waals surface area contributed by atoms with E-state index in [2.05, 4.69) is 15.2 Å². The van der Waals surface area contributed by atoms with Crippen LogP contribution in [0, 0.1) is 5.82 Å². The van der Waals surface area contributed by atoms with E-state index in [1.165, 1.54) is 12.1 Å². The summed E-state index contributed by atoms with van der Waals surface area (Å²) >= 11 is 0. The molecular weight excluding hydrogens is 355 g/mol. The van der Waals surface area contributed by atoms with Crippen molar-refractivity contribution >= 4 is 11.1 Å². The van der Waals surface area contributed by atoms with Crippen LogP contribution in [0.5, 0.6) is 0 Å². The zero-order valence-corrected chi connectivity index (χ0v) is 15.0. The monoisotopic (exact) mass is 370 g/mol. The van der Waals surface area contributed by atoms with Crippen LogP contribution in [0.3, 0.4) is 0 Å². The molecule has 0 atom stereocenters. The van der Waals surface area contributed by atoms with Gasteiger partial charge in [-0.05, 0) is 47.5 Å². The fourth-order valence-electron chi connectivity index (χ4n) is 3.30. The van der Waals surface area contributed by atoms with Crippen LogP contribution in [0.4, 0.5) is 4.39 Å². The number of oxazole rings is 1. The number of benzene rings is 3. The Bertz CT molecular complexity index is 1270. The SMILES string of the molecule is Cn1cnnc1-c1cc(F)ccc1-c1cccc(-c2nc3ccccc3o2)c1. The first-order valence-electron chi connectivity index (χ1n) is 8.79. The standard InChI is InChI=1S/C22H15FN4O/c1-27-13-24-26-21(27)18-12-16(23)9-10-17(18)14-5-4-6-15(11-14)22-25-19-7-2-3-8-20(19)28-22/h2-13H,1H3. The highest BCUT2D eigenvalue weighted by molar-refractivity contribution is 5.83. The van der Waals surface area contributed by atoms with Gasteiger partial charge in [0.15, 0.2) is 11.4 Å². The molecule has 0 amide bonds. The summed E-state index contributed by atoms with van der Waals surface area (Å²) in [6, 6.07) is 20.2. The summed E-state index contributed by atoms with van der Waals surface area (Å²) < 4.78 is 21.6. The summed E-state index contributed by atoms with van der Waals surface area (Å²) in [5.74, 6) is 0.823. The van der Waals surface area contributed by atoms with Crippen LogP contribution in [0.25, 0.3) is 45.1 Å². The Labute approximate surface area is 160 Å². The Morgan fingerprint density at radius 3 is 2.57 bits per heavy atom. The number of aryl methyl sites for hydroxylation is 1. The van der Waals surface area contributed by atoms with E-state index in [1.54, 1.807) is 17.0 Å². The lowest BCUT2D eigenvalue weighted by molar-refractivity contribution is 0.620. The molecule has 0 aliphatic rings. The molecule has 0 aliphatic carbocycles. The average Bonchev–Trinajstić information content (AvgIpc) is 3.34. The minimum absolute atomic E-state index is 0.322.